The van der Waals surface area contributed by atoms with Crippen molar-refractivity contribution in [2.24, 2.45) is 5.41 Å². The Kier molecular flexibility index (Phi) is 4.46. The predicted octanol–water partition coefficient (Wildman–Crippen LogP) is 3.60. The van der Waals surface area contributed by atoms with Gasteiger partial charge in [-0.25, -0.2) is 14.8 Å². The first-order valence-electron chi connectivity index (χ1n) is 7.21. The topological polar surface area (TPSA) is 66.3 Å². The van der Waals surface area contributed by atoms with Crippen LogP contribution in [-0.4, -0.2) is 38.9 Å². The minimum absolute atomic E-state index is 0.240. The summed E-state index contributed by atoms with van der Waals surface area (Å²) in [5.74, 6) is 0. The molecule has 1 unspecified atom stereocenters. The molecule has 116 valence electrons. The summed E-state index contributed by atoms with van der Waals surface area (Å²) in [6.07, 6.45) is 5.52. The number of rotatable bonds is 2. The van der Waals surface area contributed by atoms with Gasteiger partial charge in [0, 0.05) is 12.7 Å². The predicted molar refractivity (Wildman–Crippen MR) is 83.5 cm³/mol. The minimum Gasteiger partial charge on any atom is -0.465 e. The molecule has 1 aromatic rings. The van der Waals surface area contributed by atoms with Gasteiger partial charge >= 0.3 is 6.09 Å². The number of aromatic nitrogens is 2. The summed E-state index contributed by atoms with van der Waals surface area (Å²) in [4.78, 5) is 22.3. The standard InChI is InChI=1S/C15H23N3O2S/c1-14(2,3)15(8-5-6-10-18(15)13(19)20)11-7-9-16-12(17-11)21-4/h7,9H,5-6,8,10H2,1-4H3,(H,19,20). The van der Waals surface area contributed by atoms with Crippen molar-refractivity contribution in [2.75, 3.05) is 12.8 Å². The molecule has 0 spiro atoms. The number of carbonyl (C=O) groups is 1. The van der Waals surface area contributed by atoms with Crippen molar-refractivity contribution < 1.29 is 9.90 Å². The lowest BCUT2D eigenvalue weighted by Gasteiger charge is -2.53. The molecule has 21 heavy (non-hydrogen) atoms. The maximum absolute atomic E-state index is 11.8. The van der Waals surface area contributed by atoms with Crippen molar-refractivity contribution in [2.45, 2.75) is 50.7 Å². The van der Waals surface area contributed by atoms with E-state index in [2.05, 4.69) is 30.7 Å². The van der Waals surface area contributed by atoms with Crippen molar-refractivity contribution >= 4 is 17.9 Å². The zero-order valence-corrected chi connectivity index (χ0v) is 13.9. The SMILES string of the molecule is CSc1nccc(C2(C(C)(C)C)CCCCN2C(=O)O)n1. The summed E-state index contributed by atoms with van der Waals surface area (Å²) in [6.45, 7) is 6.84. The fourth-order valence-electron chi connectivity index (χ4n) is 3.34. The molecule has 1 N–H and O–H groups in total. The number of nitrogens with zero attached hydrogens (tertiary/aromatic N) is 3. The highest BCUT2D eigenvalue weighted by Crippen LogP contribution is 2.49. The van der Waals surface area contributed by atoms with Crippen molar-refractivity contribution in [3.63, 3.8) is 0 Å². The van der Waals surface area contributed by atoms with E-state index in [1.807, 2.05) is 12.3 Å². The Morgan fingerprint density at radius 2 is 2.14 bits per heavy atom. The molecule has 2 rings (SSSR count). The average molecular weight is 309 g/mol. The van der Waals surface area contributed by atoms with Crippen LogP contribution in [0.4, 0.5) is 4.79 Å². The zero-order chi connectivity index (χ0) is 15.7. The summed E-state index contributed by atoms with van der Waals surface area (Å²) in [7, 11) is 0. The van der Waals surface area contributed by atoms with Gasteiger partial charge < -0.3 is 5.11 Å². The molecule has 1 aliphatic heterocycles. The Morgan fingerprint density at radius 3 is 2.71 bits per heavy atom. The van der Waals surface area contributed by atoms with Gasteiger partial charge in [-0.2, -0.15) is 0 Å². The number of amides is 1. The number of likely N-dealkylation sites (tertiary alicyclic amines) is 1. The Morgan fingerprint density at radius 1 is 1.43 bits per heavy atom. The minimum atomic E-state index is -0.867. The highest BCUT2D eigenvalue weighted by Gasteiger charge is 2.52. The van der Waals surface area contributed by atoms with E-state index in [4.69, 9.17) is 0 Å². The van der Waals surface area contributed by atoms with Gasteiger partial charge in [-0.05, 0) is 37.0 Å². The fourth-order valence-corrected chi connectivity index (χ4v) is 3.69. The number of carboxylic acid groups (broad SMARTS) is 1. The molecular weight excluding hydrogens is 286 g/mol. The maximum Gasteiger partial charge on any atom is 0.408 e. The highest BCUT2D eigenvalue weighted by molar-refractivity contribution is 7.98. The smallest absolute Gasteiger partial charge is 0.408 e. The maximum atomic E-state index is 11.8. The van der Waals surface area contributed by atoms with E-state index in [1.165, 1.54) is 11.8 Å². The van der Waals surface area contributed by atoms with Crippen LogP contribution < -0.4 is 0 Å². The van der Waals surface area contributed by atoms with Crippen molar-refractivity contribution in [1.82, 2.24) is 14.9 Å². The van der Waals surface area contributed by atoms with E-state index in [0.29, 0.717) is 11.7 Å². The third-order valence-corrected chi connectivity index (χ3v) is 4.90. The summed E-state index contributed by atoms with van der Waals surface area (Å²) < 4.78 is 0. The van der Waals surface area contributed by atoms with Crippen LogP contribution in [0.25, 0.3) is 0 Å². The van der Waals surface area contributed by atoms with Crippen LogP contribution in [0.15, 0.2) is 17.4 Å². The molecule has 6 heteroatoms. The molecule has 0 radical (unpaired) electrons. The van der Waals surface area contributed by atoms with Gasteiger partial charge in [0.25, 0.3) is 0 Å². The molecule has 1 saturated heterocycles. The van der Waals surface area contributed by atoms with E-state index < -0.39 is 11.6 Å². The second kappa shape index (κ2) is 5.83. The summed E-state index contributed by atoms with van der Waals surface area (Å²) in [5, 5.41) is 10.4. The third-order valence-electron chi connectivity index (χ3n) is 4.34. The van der Waals surface area contributed by atoms with Gasteiger partial charge in [-0.3, -0.25) is 4.90 Å². The van der Waals surface area contributed by atoms with Gasteiger partial charge in [0.2, 0.25) is 0 Å². The summed E-state index contributed by atoms with van der Waals surface area (Å²) in [5.41, 5.74) is -0.0168. The molecule has 0 saturated carbocycles. The Bertz CT molecular complexity index is 530. The fraction of sp³-hybridized carbons (Fsp3) is 0.667. The Labute approximate surface area is 130 Å². The van der Waals surface area contributed by atoms with Crippen LogP contribution in [0.1, 0.15) is 45.7 Å². The van der Waals surface area contributed by atoms with Crippen LogP contribution in [0.5, 0.6) is 0 Å². The van der Waals surface area contributed by atoms with E-state index in [1.54, 1.807) is 11.1 Å². The molecule has 0 aliphatic carbocycles. The second-order valence-electron chi connectivity index (χ2n) is 6.43. The third kappa shape index (κ3) is 2.73. The van der Waals surface area contributed by atoms with Gasteiger partial charge in [0.1, 0.15) is 0 Å². The van der Waals surface area contributed by atoms with E-state index in [9.17, 15) is 9.90 Å². The number of piperidine rings is 1. The molecule has 1 aromatic heterocycles. The van der Waals surface area contributed by atoms with Crippen molar-refractivity contribution in [3.05, 3.63) is 18.0 Å². The molecule has 2 heterocycles. The van der Waals surface area contributed by atoms with Crippen LogP contribution in [0.2, 0.25) is 0 Å². The molecule has 1 aliphatic rings. The van der Waals surface area contributed by atoms with Crippen LogP contribution in [0.3, 0.4) is 0 Å². The Hall–Kier alpha value is -1.30. The molecule has 0 aromatic carbocycles. The molecule has 1 fully saturated rings. The van der Waals surface area contributed by atoms with Gasteiger partial charge in [0.15, 0.2) is 5.16 Å². The number of thioether (sulfide) groups is 1. The van der Waals surface area contributed by atoms with Crippen molar-refractivity contribution in [1.29, 1.82) is 0 Å². The van der Waals surface area contributed by atoms with Crippen LogP contribution in [0, 0.1) is 5.41 Å². The lowest BCUT2D eigenvalue weighted by molar-refractivity contribution is -0.0327. The summed E-state index contributed by atoms with van der Waals surface area (Å²) >= 11 is 1.48. The van der Waals surface area contributed by atoms with Gasteiger partial charge in [0.05, 0.1) is 11.2 Å². The number of hydrogen-bond acceptors (Lipinski definition) is 4. The molecule has 1 amide bonds. The summed E-state index contributed by atoms with van der Waals surface area (Å²) in [6, 6.07) is 1.87. The molecule has 0 bridgehead atoms. The van der Waals surface area contributed by atoms with E-state index in [0.717, 1.165) is 25.0 Å². The monoisotopic (exact) mass is 309 g/mol. The largest absolute Gasteiger partial charge is 0.465 e. The van der Waals surface area contributed by atoms with Gasteiger partial charge in [-0.1, -0.05) is 32.5 Å². The van der Waals surface area contributed by atoms with E-state index in [-0.39, 0.29) is 5.41 Å². The first kappa shape index (κ1) is 16.1. The zero-order valence-electron chi connectivity index (χ0n) is 13.1. The van der Waals surface area contributed by atoms with Crippen LogP contribution >= 0.6 is 11.8 Å². The van der Waals surface area contributed by atoms with Crippen LogP contribution in [-0.2, 0) is 5.54 Å². The van der Waals surface area contributed by atoms with E-state index >= 15 is 0 Å². The lowest BCUT2D eigenvalue weighted by atomic mass is 9.66. The Balaban J connectivity index is 2.63. The first-order valence-corrected chi connectivity index (χ1v) is 8.43. The first-order chi connectivity index (χ1) is 9.83. The molecule has 1 atom stereocenters. The molecular formula is C15H23N3O2S. The average Bonchev–Trinajstić information content (AvgIpc) is 2.45. The number of hydrogen-bond donors (Lipinski definition) is 1. The lowest BCUT2D eigenvalue weighted by Crippen LogP contribution is -2.59. The quantitative estimate of drug-likeness (QED) is 0.668. The van der Waals surface area contributed by atoms with Crippen molar-refractivity contribution in [3.8, 4) is 0 Å². The molecule has 5 nitrogen and oxygen atoms in total. The van der Waals surface area contributed by atoms with Gasteiger partial charge in [-0.15, -0.1) is 0 Å². The highest BCUT2D eigenvalue weighted by atomic mass is 32.2. The second-order valence-corrected chi connectivity index (χ2v) is 7.20. The normalized spacial score (nSPS) is 23.1.